The number of hydrogen-bond donors (Lipinski definition) is 2. The average Bonchev–Trinajstić information content (AvgIpc) is 2.48. The van der Waals surface area contributed by atoms with Gasteiger partial charge in [-0.1, -0.05) is 0 Å². The van der Waals surface area contributed by atoms with E-state index in [0.717, 1.165) is 11.1 Å². The summed E-state index contributed by atoms with van der Waals surface area (Å²) in [6.07, 6.45) is 3.36. The number of nitrogen functional groups attached to an aromatic ring is 2. The van der Waals surface area contributed by atoms with Crippen molar-refractivity contribution in [3.63, 3.8) is 0 Å². The monoisotopic (exact) mass is 189 g/mol. The molecule has 2 aromatic heterocycles. The van der Waals surface area contributed by atoms with E-state index in [4.69, 9.17) is 11.5 Å². The molecule has 2 rings (SSSR count). The SMILES string of the molecule is Cn1ncc(-c2ccnc(N)c2)c1N. The summed E-state index contributed by atoms with van der Waals surface area (Å²) >= 11 is 0. The van der Waals surface area contributed by atoms with Gasteiger partial charge in [-0.05, 0) is 17.7 Å². The Bertz CT molecular complexity index is 460. The Morgan fingerprint density at radius 1 is 1.36 bits per heavy atom. The summed E-state index contributed by atoms with van der Waals surface area (Å²) in [6.45, 7) is 0. The molecular weight excluding hydrogens is 178 g/mol. The second kappa shape index (κ2) is 3.02. The van der Waals surface area contributed by atoms with Gasteiger partial charge in [-0.15, -0.1) is 0 Å². The van der Waals surface area contributed by atoms with Crippen LogP contribution in [0.25, 0.3) is 11.1 Å². The molecule has 0 aliphatic carbocycles. The quantitative estimate of drug-likeness (QED) is 0.689. The van der Waals surface area contributed by atoms with Crippen molar-refractivity contribution in [3.8, 4) is 11.1 Å². The van der Waals surface area contributed by atoms with Crippen molar-refractivity contribution in [3.05, 3.63) is 24.5 Å². The first kappa shape index (κ1) is 8.55. The van der Waals surface area contributed by atoms with Gasteiger partial charge in [-0.25, -0.2) is 4.98 Å². The van der Waals surface area contributed by atoms with Crippen molar-refractivity contribution in [2.75, 3.05) is 11.5 Å². The highest BCUT2D eigenvalue weighted by molar-refractivity contribution is 5.74. The smallest absolute Gasteiger partial charge is 0.129 e. The molecule has 0 saturated carbocycles. The molecule has 0 radical (unpaired) electrons. The summed E-state index contributed by atoms with van der Waals surface area (Å²) in [5, 5.41) is 4.05. The van der Waals surface area contributed by atoms with Crippen molar-refractivity contribution < 1.29 is 0 Å². The predicted molar refractivity (Wildman–Crippen MR) is 55.3 cm³/mol. The second-order valence-electron chi connectivity index (χ2n) is 3.04. The number of pyridine rings is 1. The maximum Gasteiger partial charge on any atom is 0.129 e. The molecule has 4 N–H and O–H groups in total. The highest BCUT2D eigenvalue weighted by Gasteiger charge is 2.06. The minimum atomic E-state index is 0.478. The van der Waals surface area contributed by atoms with Gasteiger partial charge in [-0.3, -0.25) is 4.68 Å². The lowest BCUT2D eigenvalue weighted by Crippen LogP contribution is -1.98. The number of nitrogens with two attached hydrogens (primary N) is 2. The van der Waals surface area contributed by atoms with E-state index in [9.17, 15) is 0 Å². The number of anilines is 2. The zero-order valence-corrected chi connectivity index (χ0v) is 7.81. The van der Waals surface area contributed by atoms with Gasteiger partial charge in [0.15, 0.2) is 0 Å². The third kappa shape index (κ3) is 1.28. The highest BCUT2D eigenvalue weighted by Crippen LogP contribution is 2.25. The lowest BCUT2D eigenvalue weighted by atomic mass is 10.1. The fraction of sp³-hybridized carbons (Fsp3) is 0.111. The average molecular weight is 189 g/mol. The van der Waals surface area contributed by atoms with Crippen LogP contribution in [0.3, 0.4) is 0 Å². The summed E-state index contributed by atoms with van der Waals surface area (Å²) in [5.41, 5.74) is 13.2. The van der Waals surface area contributed by atoms with Crippen LogP contribution in [0.5, 0.6) is 0 Å². The minimum Gasteiger partial charge on any atom is -0.384 e. The third-order valence-electron chi connectivity index (χ3n) is 2.08. The molecule has 2 heterocycles. The zero-order valence-electron chi connectivity index (χ0n) is 7.81. The van der Waals surface area contributed by atoms with E-state index >= 15 is 0 Å². The molecule has 0 amide bonds. The fourth-order valence-electron chi connectivity index (χ4n) is 1.29. The Morgan fingerprint density at radius 3 is 2.71 bits per heavy atom. The van der Waals surface area contributed by atoms with Gasteiger partial charge in [0.2, 0.25) is 0 Å². The normalized spacial score (nSPS) is 10.4. The molecule has 5 heteroatoms. The van der Waals surface area contributed by atoms with E-state index in [1.165, 1.54) is 0 Å². The lowest BCUT2D eigenvalue weighted by Gasteiger charge is -2.00. The molecule has 0 fully saturated rings. The van der Waals surface area contributed by atoms with Crippen LogP contribution in [0.4, 0.5) is 11.6 Å². The Kier molecular flexibility index (Phi) is 1.85. The van der Waals surface area contributed by atoms with Gasteiger partial charge in [0.1, 0.15) is 11.6 Å². The molecule has 5 nitrogen and oxygen atoms in total. The molecule has 0 aliphatic rings. The molecule has 0 aromatic carbocycles. The molecule has 0 atom stereocenters. The van der Waals surface area contributed by atoms with Gasteiger partial charge in [0, 0.05) is 18.8 Å². The second-order valence-corrected chi connectivity index (χ2v) is 3.04. The molecule has 0 bridgehead atoms. The van der Waals surface area contributed by atoms with Crippen molar-refractivity contribution in [1.29, 1.82) is 0 Å². The van der Waals surface area contributed by atoms with Gasteiger partial charge in [0.05, 0.1) is 6.20 Å². The van der Waals surface area contributed by atoms with Gasteiger partial charge in [-0.2, -0.15) is 5.10 Å². The zero-order chi connectivity index (χ0) is 10.1. The molecular formula is C9H11N5. The number of rotatable bonds is 1. The van der Waals surface area contributed by atoms with Crippen LogP contribution in [-0.4, -0.2) is 14.8 Å². The molecule has 0 spiro atoms. The van der Waals surface area contributed by atoms with Gasteiger partial charge in [0.25, 0.3) is 0 Å². The van der Waals surface area contributed by atoms with Crippen molar-refractivity contribution >= 4 is 11.6 Å². The topological polar surface area (TPSA) is 82.8 Å². The third-order valence-corrected chi connectivity index (χ3v) is 2.08. The summed E-state index contributed by atoms with van der Waals surface area (Å²) in [5.74, 6) is 1.10. The molecule has 72 valence electrons. The maximum atomic E-state index is 5.82. The molecule has 2 aromatic rings. The number of nitrogens with zero attached hydrogens (tertiary/aromatic N) is 3. The Balaban J connectivity index is 2.55. The largest absolute Gasteiger partial charge is 0.384 e. The summed E-state index contributed by atoms with van der Waals surface area (Å²) in [7, 11) is 1.80. The minimum absolute atomic E-state index is 0.478. The van der Waals surface area contributed by atoms with E-state index < -0.39 is 0 Å². The van der Waals surface area contributed by atoms with E-state index in [1.807, 2.05) is 6.07 Å². The number of aryl methyl sites for hydroxylation is 1. The first-order chi connectivity index (χ1) is 6.68. The number of aromatic nitrogens is 3. The first-order valence-corrected chi connectivity index (χ1v) is 4.18. The molecule has 0 saturated heterocycles. The Labute approximate surface area is 81.4 Å². The van der Waals surface area contributed by atoms with Gasteiger partial charge < -0.3 is 11.5 Å². The van der Waals surface area contributed by atoms with Crippen molar-refractivity contribution in [2.24, 2.45) is 7.05 Å². The summed E-state index contributed by atoms with van der Waals surface area (Å²) < 4.78 is 1.62. The molecule has 0 unspecified atom stereocenters. The first-order valence-electron chi connectivity index (χ1n) is 4.18. The van der Waals surface area contributed by atoms with Crippen LogP contribution >= 0.6 is 0 Å². The van der Waals surface area contributed by atoms with Gasteiger partial charge >= 0.3 is 0 Å². The lowest BCUT2D eigenvalue weighted by molar-refractivity contribution is 0.779. The predicted octanol–water partition coefficient (Wildman–Crippen LogP) is 0.647. The summed E-state index contributed by atoms with van der Waals surface area (Å²) in [4.78, 5) is 3.91. The summed E-state index contributed by atoms with van der Waals surface area (Å²) in [6, 6.07) is 3.62. The number of hydrogen-bond acceptors (Lipinski definition) is 4. The Morgan fingerprint density at radius 2 is 2.14 bits per heavy atom. The molecule has 14 heavy (non-hydrogen) atoms. The maximum absolute atomic E-state index is 5.82. The van der Waals surface area contributed by atoms with Crippen LogP contribution in [0.2, 0.25) is 0 Å². The fourth-order valence-corrected chi connectivity index (χ4v) is 1.29. The van der Waals surface area contributed by atoms with Crippen LogP contribution < -0.4 is 11.5 Å². The highest BCUT2D eigenvalue weighted by atomic mass is 15.3. The van der Waals surface area contributed by atoms with Crippen molar-refractivity contribution in [2.45, 2.75) is 0 Å². The van der Waals surface area contributed by atoms with E-state index in [-0.39, 0.29) is 0 Å². The van der Waals surface area contributed by atoms with E-state index in [2.05, 4.69) is 10.1 Å². The standard InChI is InChI=1S/C9H11N5/c1-14-9(11)7(5-13-14)6-2-3-12-8(10)4-6/h2-5H,11H2,1H3,(H2,10,12). The van der Waals surface area contributed by atoms with E-state index in [0.29, 0.717) is 11.6 Å². The van der Waals surface area contributed by atoms with Crippen LogP contribution in [0.15, 0.2) is 24.5 Å². The van der Waals surface area contributed by atoms with E-state index in [1.54, 1.807) is 30.2 Å². The van der Waals surface area contributed by atoms with Crippen LogP contribution in [0, 0.1) is 0 Å². The Hall–Kier alpha value is -2.04. The van der Waals surface area contributed by atoms with Crippen LogP contribution in [0.1, 0.15) is 0 Å². The van der Waals surface area contributed by atoms with Crippen molar-refractivity contribution in [1.82, 2.24) is 14.8 Å². The molecule has 0 aliphatic heterocycles. The van der Waals surface area contributed by atoms with Crippen LogP contribution in [-0.2, 0) is 7.05 Å².